The number of aromatic nitrogens is 1. The molecule has 6 nitrogen and oxygen atoms in total. The topological polar surface area (TPSA) is 75.4 Å². The summed E-state index contributed by atoms with van der Waals surface area (Å²) in [7, 11) is 0. The first-order valence-electron chi connectivity index (χ1n) is 7.86. The molecule has 0 spiro atoms. The summed E-state index contributed by atoms with van der Waals surface area (Å²) in [4.78, 5) is 31.1. The molecule has 26 heavy (non-hydrogen) atoms. The zero-order valence-corrected chi connectivity index (χ0v) is 14.5. The van der Waals surface area contributed by atoms with Crippen molar-refractivity contribution in [3.05, 3.63) is 64.6 Å². The van der Waals surface area contributed by atoms with E-state index in [1.54, 1.807) is 19.1 Å². The van der Waals surface area contributed by atoms with Crippen molar-refractivity contribution in [3.8, 4) is 11.3 Å². The van der Waals surface area contributed by atoms with Gasteiger partial charge in [-0.15, -0.1) is 11.3 Å². The normalized spacial score (nSPS) is 19.8. The van der Waals surface area contributed by atoms with Gasteiger partial charge in [0.05, 0.1) is 6.20 Å². The van der Waals surface area contributed by atoms with Crippen molar-refractivity contribution in [2.75, 3.05) is 0 Å². The molecule has 1 unspecified atom stereocenters. The lowest BCUT2D eigenvalue weighted by molar-refractivity contribution is -0.131. The predicted octanol–water partition coefficient (Wildman–Crippen LogP) is 3.51. The Hall–Kier alpha value is -3.00. The Morgan fingerprint density at radius 2 is 2.04 bits per heavy atom. The van der Waals surface area contributed by atoms with Crippen LogP contribution in [0.4, 0.5) is 9.18 Å². The van der Waals surface area contributed by atoms with Crippen LogP contribution in [0.3, 0.4) is 0 Å². The summed E-state index contributed by atoms with van der Waals surface area (Å²) in [6.45, 7) is 1.60. The van der Waals surface area contributed by atoms with Crippen molar-refractivity contribution < 1.29 is 18.4 Å². The predicted molar refractivity (Wildman–Crippen MR) is 92.6 cm³/mol. The van der Waals surface area contributed by atoms with Gasteiger partial charge in [0.15, 0.2) is 11.3 Å². The van der Waals surface area contributed by atoms with Crippen LogP contribution in [0.2, 0.25) is 0 Å². The number of oxazole rings is 1. The van der Waals surface area contributed by atoms with Crippen LogP contribution in [0.25, 0.3) is 11.3 Å². The number of thiophene rings is 1. The van der Waals surface area contributed by atoms with Gasteiger partial charge in [0.25, 0.3) is 5.91 Å². The summed E-state index contributed by atoms with van der Waals surface area (Å²) in [5.41, 5.74) is -0.428. The number of hydrogen-bond donors (Lipinski definition) is 1. The molecule has 0 aliphatic carbocycles. The minimum absolute atomic E-state index is 0.0766. The SMILES string of the molecule is CC1(c2cccs2)NC(=O)N(Cc2ncc(-c3ccc(F)cc3)o2)C1=O. The molecule has 3 amide bonds. The molecule has 4 rings (SSSR count). The zero-order chi connectivity index (χ0) is 18.3. The largest absolute Gasteiger partial charge is 0.439 e. The lowest BCUT2D eigenvalue weighted by atomic mass is 10.0. The van der Waals surface area contributed by atoms with E-state index in [-0.39, 0.29) is 24.2 Å². The third-order valence-electron chi connectivity index (χ3n) is 4.26. The zero-order valence-electron chi connectivity index (χ0n) is 13.7. The number of carbonyl (C=O) groups excluding carboxylic acids is 2. The van der Waals surface area contributed by atoms with Crippen LogP contribution in [0.5, 0.6) is 0 Å². The second kappa shape index (κ2) is 6.06. The third-order valence-corrected chi connectivity index (χ3v) is 5.36. The van der Waals surface area contributed by atoms with Gasteiger partial charge in [0.1, 0.15) is 12.4 Å². The first-order chi connectivity index (χ1) is 12.5. The Bertz CT molecular complexity index is 968. The van der Waals surface area contributed by atoms with Crippen molar-refractivity contribution in [2.45, 2.75) is 19.0 Å². The number of halogens is 1. The number of benzene rings is 1. The Labute approximate surface area is 152 Å². The summed E-state index contributed by atoms with van der Waals surface area (Å²) >= 11 is 1.40. The molecule has 0 radical (unpaired) electrons. The van der Waals surface area contributed by atoms with Gasteiger partial charge in [0, 0.05) is 10.4 Å². The second-order valence-corrected chi connectivity index (χ2v) is 7.00. The number of urea groups is 1. The van der Waals surface area contributed by atoms with Gasteiger partial charge in [-0.3, -0.25) is 9.69 Å². The molecular weight excluding hydrogens is 357 g/mol. The molecular formula is C18H14FN3O3S. The molecule has 1 atom stereocenters. The van der Waals surface area contributed by atoms with E-state index in [9.17, 15) is 14.0 Å². The Kier molecular flexibility index (Phi) is 3.84. The van der Waals surface area contributed by atoms with E-state index in [0.717, 1.165) is 9.78 Å². The van der Waals surface area contributed by atoms with Crippen LogP contribution in [0.1, 0.15) is 17.7 Å². The van der Waals surface area contributed by atoms with E-state index >= 15 is 0 Å². The Morgan fingerprint density at radius 1 is 1.27 bits per heavy atom. The standard InChI is InChI=1S/C18H14FN3O3S/c1-18(14-3-2-8-26-14)16(23)22(17(24)21-18)10-15-20-9-13(25-15)11-4-6-12(19)7-5-11/h2-9H,10H2,1H3,(H,21,24). The average molecular weight is 371 g/mol. The molecule has 3 aromatic rings. The Balaban J connectivity index is 1.55. The number of nitrogens with zero attached hydrogens (tertiary/aromatic N) is 2. The van der Waals surface area contributed by atoms with Gasteiger partial charge in [0.2, 0.25) is 5.89 Å². The van der Waals surface area contributed by atoms with Crippen LogP contribution in [-0.4, -0.2) is 21.8 Å². The monoisotopic (exact) mass is 371 g/mol. The van der Waals surface area contributed by atoms with E-state index in [0.29, 0.717) is 11.3 Å². The third kappa shape index (κ3) is 2.68. The highest BCUT2D eigenvalue weighted by Crippen LogP contribution is 2.32. The molecule has 1 N–H and O–H groups in total. The van der Waals surface area contributed by atoms with Gasteiger partial charge in [-0.25, -0.2) is 14.2 Å². The second-order valence-electron chi connectivity index (χ2n) is 6.05. The highest BCUT2D eigenvalue weighted by atomic mass is 32.1. The first-order valence-corrected chi connectivity index (χ1v) is 8.74. The highest BCUT2D eigenvalue weighted by molar-refractivity contribution is 7.10. The smallest absolute Gasteiger partial charge is 0.325 e. The fourth-order valence-electron chi connectivity index (χ4n) is 2.84. The number of imide groups is 1. The molecule has 1 aliphatic rings. The molecule has 8 heteroatoms. The maximum absolute atomic E-state index is 13.0. The molecule has 2 aromatic heterocycles. The molecule has 132 valence electrons. The van der Waals surface area contributed by atoms with E-state index in [1.807, 2.05) is 17.5 Å². The van der Waals surface area contributed by atoms with Crippen LogP contribution < -0.4 is 5.32 Å². The van der Waals surface area contributed by atoms with E-state index in [1.165, 1.54) is 29.7 Å². The minimum Gasteiger partial charge on any atom is -0.439 e. The van der Waals surface area contributed by atoms with Crippen LogP contribution in [-0.2, 0) is 16.9 Å². The van der Waals surface area contributed by atoms with Gasteiger partial charge in [-0.05, 0) is 42.6 Å². The summed E-state index contributed by atoms with van der Waals surface area (Å²) in [5, 5.41) is 4.59. The first kappa shape index (κ1) is 16.5. The van der Waals surface area contributed by atoms with Crippen LogP contribution in [0, 0.1) is 5.82 Å². The van der Waals surface area contributed by atoms with Gasteiger partial charge in [-0.1, -0.05) is 6.07 Å². The minimum atomic E-state index is -1.09. The lowest BCUT2D eigenvalue weighted by Crippen LogP contribution is -2.40. The van der Waals surface area contributed by atoms with Crippen molar-refractivity contribution in [1.82, 2.24) is 15.2 Å². The maximum Gasteiger partial charge on any atom is 0.325 e. The fraction of sp³-hybridized carbons (Fsp3) is 0.167. The van der Waals surface area contributed by atoms with Gasteiger partial charge in [-0.2, -0.15) is 0 Å². The average Bonchev–Trinajstić information content (AvgIpc) is 3.34. The van der Waals surface area contributed by atoms with E-state index in [2.05, 4.69) is 10.3 Å². The van der Waals surface area contributed by atoms with Crippen LogP contribution >= 0.6 is 11.3 Å². The quantitative estimate of drug-likeness (QED) is 0.712. The van der Waals surface area contributed by atoms with Crippen molar-refractivity contribution in [2.24, 2.45) is 0 Å². The molecule has 1 fully saturated rings. The lowest BCUT2D eigenvalue weighted by Gasteiger charge is -2.19. The van der Waals surface area contributed by atoms with E-state index in [4.69, 9.17) is 4.42 Å². The van der Waals surface area contributed by atoms with Crippen molar-refractivity contribution >= 4 is 23.3 Å². The Morgan fingerprint density at radius 3 is 2.73 bits per heavy atom. The van der Waals surface area contributed by atoms with E-state index < -0.39 is 11.6 Å². The number of hydrogen-bond acceptors (Lipinski definition) is 5. The molecule has 1 saturated heterocycles. The molecule has 3 heterocycles. The summed E-state index contributed by atoms with van der Waals surface area (Å²) in [6.07, 6.45) is 1.49. The van der Waals surface area contributed by atoms with Crippen molar-refractivity contribution in [1.29, 1.82) is 0 Å². The van der Waals surface area contributed by atoms with Crippen molar-refractivity contribution in [3.63, 3.8) is 0 Å². The number of amides is 3. The maximum atomic E-state index is 13.0. The molecule has 1 aromatic carbocycles. The van der Waals surface area contributed by atoms with Crippen LogP contribution in [0.15, 0.2) is 52.4 Å². The molecule has 1 aliphatic heterocycles. The molecule has 0 bridgehead atoms. The van der Waals surface area contributed by atoms with Gasteiger partial charge < -0.3 is 9.73 Å². The summed E-state index contributed by atoms with van der Waals surface area (Å²) in [6, 6.07) is 8.93. The fourth-order valence-corrected chi connectivity index (χ4v) is 3.67. The molecule has 0 saturated carbocycles. The summed E-state index contributed by atoms with van der Waals surface area (Å²) in [5.74, 6) is -0.0384. The number of rotatable bonds is 4. The highest BCUT2D eigenvalue weighted by Gasteiger charge is 2.50. The van der Waals surface area contributed by atoms with Gasteiger partial charge >= 0.3 is 6.03 Å². The number of nitrogens with one attached hydrogen (secondary N) is 1. The summed E-state index contributed by atoms with van der Waals surface area (Å²) < 4.78 is 18.6. The number of carbonyl (C=O) groups is 2.